The first-order chi connectivity index (χ1) is 9.11. The third-order valence-electron chi connectivity index (χ3n) is 3.09. The van der Waals surface area contributed by atoms with Gasteiger partial charge in [0.05, 0.1) is 12.6 Å². The fourth-order valence-corrected chi connectivity index (χ4v) is 2.32. The van der Waals surface area contributed by atoms with E-state index in [4.69, 9.17) is 4.74 Å². The summed E-state index contributed by atoms with van der Waals surface area (Å²) in [5.74, 6) is -0.392. The van der Waals surface area contributed by atoms with Gasteiger partial charge in [-0.1, -0.05) is 18.2 Å². The SMILES string of the molecule is CCOC(=O)[C@@H]1C[C@@H](NC(C)=O)c2ccccc2N1. The highest BCUT2D eigenvalue weighted by molar-refractivity contribution is 5.82. The lowest BCUT2D eigenvalue weighted by Crippen LogP contribution is -2.41. The smallest absolute Gasteiger partial charge is 0.328 e. The standard InChI is InChI=1S/C14H18N2O3/c1-3-19-14(18)13-8-12(15-9(2)17)10-6-4-5-7-11(10)16-13/h4-7,12-13,16H,3,8H2,1-2H3,(H,15,17)/t12-,13+/m1/s1. The van der Waals surface area contributed by atoms with Gasteiger partial charge < -0.3 is 15.4 Å². The fraction of sp³-hybridized carbons (Fsp3) is 0.429. The molecule has 1 aromatic rings. The van der Waals surface area contributed by atoms with Crippen LogP contribution < -0.4 is 10.6 Å². The van der Waals surface area contributed by atoms with Crippen LogP contribution in [0.25, 0.3) is 0 Å². The summed E-state index contributed by atoms with van der Waals surface area (Å²) in [4.78, 5) is 23.1. The zero-order chi connectivity index (χ0) is 13.8. The van der Waals surface area contributed by atoms with Crippen molar-refractivity contribution in [3.05, 3.63) is 29.8 Å². The van der Waals surface area contributed by atoms with Crippen LogP contribution in [-0.4, -0.2) is 24.5 Å². The van der Waals surface area contributed by atoms with Crippen molar-refractivity contribution >= 4 is 17.6 Å². The predicted octanol–water partition coefficient (Wildman–Crippen LogP) is 1.61. The van der Waals surface area contributed by atoms with Gasteiger partial charge in [0.25, 0.3) is 0 Å². The number of esters is 1. The third kappa shape index (κ3) is 3.05. The number of nitrogens with one attached hydrogen (secondary N) is 2. The van der Waals surface area contributed by atoms with Crippen LogP contribution in [0, 0.1) is 0 Å². The number of hydrogen-bond donors (Lipinski definition) is 2. The fourth-order valence-electron chi connectivity index (χ4n) is 2.32. The molecule has 1 aliphatic heterocycles. The average molecular weight is 262 g/mol. The van der Waals surface area contributed by atoms with Gasteiger partial charge in [0, 0.05) is 19.0 Å². The second kappa shape index (κ2) is 5.73. The summed E-state index contributed by atoms with van der Waals surface area (Å²) in [5, 5.41) is 6.04. The van der Waals surface area contributed by atoms with E-state index in [0.29, 0.717) is 13.0 Å². The van der Waals surface area contributed by atoms with Crippen LogP contribution in [0.2, 0.25) is 0 Å². The van der Waals surface area contributed by atoms with Gasteiger partial charge in [-0.3, -0.25) is 4.79 Å². The van der Waals surface area contributed by atoms with E-state index in [9.17, 15) is 9.59 Å². The molecule has 1 heterocycles. The summed E-state index contributed by atoms with van der Waals surface area (Å²) in [6.07, 6.45) is 0.495. The molecule has 0 fully saturated rings. The van der Waals surface area contributed by atoms with Gasteiger partial charge in [-0.15, -0.1) is 0 Å². The van der Waals surface area contributed by atoms with Crippen molar-refractivity contribution in [1.29, 1.82) is 0 Å². The van der Waals surface area contributed by atoms with Crippen molar-refractivity contribution < 1.29 is 14.3 Å². The molecule has 19 heavy (non-hydrogen) atoms. The molecule has 0 saturated heterocycles. The lowest BCUT2D eigenvalue weighted by atomic mass is 9.93. The van der Waals surface area contributed by atoms with Crippen molar-refractivity contribution in [2.24, 2.45) is 0 Å². The third-order valence-corrected chi connectivity index (χ3v) is 3.09. The first-order valence-electron chi connectivity index (χ1n) is 6.41. The summed E-state index contributed by atoms with van der Waals surface area (Å²) in [6.45, 7) is 3.60. The first kappa shape index (κ1) is 13.4. The van der Waals surface area contributed by atoms with Crippen LogP contribution >= 0.6 is 0 Å². The topological polar surface area (TPSA) is 67.4 Å². The molecule has 1 aromatic carbocycles. The highest BCUT2D eigenvalue weighted by Gasteiger charge is 2.31. The van der Waals surface area contributed by atoms with Crippen LogP contribution in [0.1, 0.15) is 31.9 Å². The summed E-state index contributed by atoms with van der Waals surface area (Å²) in [5.41, 5.74) is 1.86. The minimum absolute atomic E-state index is 0.107. The summed E-state index contributed by atoms with van der Waals surface area (Å²) < 4.78 is 5.04. The van der Waals surface area contributed by atoms with Gasteiger partial charge in [-0.05, 0) is 18.6 Å². The van der Waals surface area contributed by atoms with Crippen LogP contribution in [0.4, 0.5) is 5.69 Å². The molecule has 2 N–H and O–H groups in total. The van der Waals surface area contributed by atoms with Gasteiger partial charge in [-0.2, -0.15) is 0 Å². The molecular weight excluding hydrogens is 244 g/mol. The summed E-state index contributed by atoms with van der Waals surface area (Å²) >= 11 is 0. The molecule has 0 aliphatic carbocycles. The van der Waals surface area contributed by atoms with E-state index in [1.807, 2.05) is 24.3 Å². The highest BCUT2D eigenvalue weighted by atomic mass is 16.5. The molecule has 0 saturated carbocycles. The first-order valence-corrected chi connectivity index (χ1v) is 6.41. The Morgan fingerprint density at radius 3 is 2.84 bits per heavy atom. The molecule has 0 spiro atoms. The van der Waals surface area contributed by atoms with Gasteiger partial charge >= 0.3 is 5.97 Å². The van der Waals surface area contributed by atoms with Crippen LogP contribution in [0.5, 0.6) is 0 Å². The molecule has 1 amide bonds. The average Bonchev–Trinajstić information content (AvgIpc) is 2.38. The second-order valence-corrected chi connectivity index (χ2v) is 4.53. The van der Waals surface area contributed by atoms with E-state index >= 15 is 0 Å². The van der Waals surface area contributed by atoms with Crippen LogP contribution in [-0.2, 0) is 14.3 Å². The predicted molar refractivity (Wildman–Crippen MR) is 71.7 cm³/mol. The van der Waals surface area contributed by atoms with Gasteiger partial charge in [-0.25, -0.2) is 4.79 Å². The molecule has 102 valence electrons. The van der Waals surface area contributed by atoms with Crippen LogP contribution in [0.3, 0.4) is 0 Å². The van der Waals surface area contributed by atoms with Crippen molar-refractivity contribution in [2.75, 3.05) is 11.9 Å². The molecule has 0 bridgehead atoms. The van der Waals surface area contributed by atoms with Gasteiger partial charge in [0.2, 0.25) is 5.91 Å². The number of rotatable bonds is 3. The Hall–Kier alpha value is -2.04. The molecule has 0 aromatic heterocycles. The Balaban J connectivity index is 2.23. The Bertz CT molecular complexity index is 487. The molecule has 1 aliphatic rings. The largest absolute Gasteiger partial charge is 0.464 e. The number of fused-ring (bicyclic) bond motifs is 1. The quantitative estimate of drug-likeness (QED) is 0.812. The van der Waals surface area contributed by atoms with E-state index in [1.165, 1.54) is 6.92 Å². The number of carbonyl (C=O) groups excluding carboxylic acids is 2. The highest BCUT2D eigenvalue weighted by Crippen LogP contribution is 2.32. The lowest BCUT2D eigenvalue weighted by Gasteiger charge is -2.32. The number of amides is 1. The Kier molecular flexibility index (Phi) is 4.04. The van der Waals surface area contributed by atoms with E-state index in [1.54, 1.807) is 6.92 Å². The Labute approximate surface area is 112 Å². The number of ether oxygens (including phenoxy) is 1. The van der Waals surface area contributed by atoms with Crippen molar-refractivity contribution in [3.63, 3.8) is 0 Å². The molecular formula is C14H18N2O3. The Morgan fingerprint density at radius 1 is 1.42 bits per heavy atom. The maximum Gasteiger partial charge on any atom is 0.328 e. The zero-order valence-electron chi connectivity index (χ0n) is 11.1. The van der Waals surface area contributed by atoms with Crippen molar-refractivity contribution in [2.45, 2.75) is 32.4 Å². The normalized spacial score (nSPS) is 20.9. The number of benzene rings is 1. The monoisotopic (exact) mass is 262 g/mol. The van der Waals surface area contributed by atoms with Gasteiger partial charge in [0.1, 0.15) is 6.04 Å². The maximum atomic E-state index is 11.8. The summed E-state index contributed by atoms with van der Waals surface area (Å²) in [6, 6.07) is 7.07. The minimum Gasteiger partial charge on any atom is -0.464 e. The molecule has 2 atom stereocenters. The minimum atomic E-state index is -0.424. The molecule has 0 unspecified atom stereocenters. The van der Waals surface area contributed by atoms with Gasteiger partial charge in [0.15, 0.2) is 0 Å². The second-order valence-electron chi connectivity index (χ2n) is 4.53. The molecule has 5 heteroatoms. The number of carbonyl (C=O) groups is 2. The van der Waals surface area contributed by atoms with Crippen molar-refractivity contribution in [3.8, 4) is 0 Å². The van der Waals surface area contributed by atoms with E-state index in [2.05, 4.69) is 10.6 Å². The van der Waals surface area contributed by atoms with E-state index < -0.39 is 6.04 Å². The Morgan fingerprint density at radius 2 is 2.16 bits per heavy atom. The lowest BCUT2D eigenvalue weighted by molar-refractivity contribution is -0.144. The van der Waals surface area contributed by atoms with Crippen LogP contribution in [0.15, 0.2) is 24.3 Å². The number of anilines is 1. The van der Waals surface area contributed by atoms with Crippen molar-refractivity contribution in [1.82, 2.24) is 5.32 Å². The molecule has 5 nitrogen and oxygen atoms in total. The number of para-hydroxylation sites is 1. The van der Waals surface area contributed by atoms with E-state index in [-0.39, 0.29) is 17.9 Å². The molecule has 2 rings (SSSR count). The number of hydrogen-bond acceptors (Lipinski definition) is 4. The summed E-state index contributed by atoms with van der Waals surface area (Å²) in [7, 11) is 0. The maximum absolute atomic E-state index is 11.8. The molecule has 0 radical (unpaired) electrons. The zero-order valence-corrected chi connectivity index (χ0v) is 11.1. The van der Waals surface area contributed by atoms with E-state index in [0.717, 1.165) is 11.3 Å².